The highest BCUT2D eigenvalue weighted by molar-refractivity contribution is 6.36. The van der Waals surface area contributed by atoms with Gasteiger partial charge in [0.15, 0.2) is 5.84 Å². The van der Waals surface area contributed by atoms with E-state index in [4.69, 9.17) is 5.41 Å². The second-order valence-corrected chi connectivity index (χ2v) is 2.45. The maximum absolute atomic E-state index is 11.1. The van der Waals surface area contributed by atoms with Crippen molar-refractivity contribution in [3.05, 3.63) is 12.8 Å². The Bertz CT molecular complexity index is 212. The number of carbonyl (C=O) groups excluding carboxylic acids is 1. The van der Waals surface area contributed by atoms with Gasteiger partial charge in [-0.15, -0.1) is 0 Å². The highest BCUT2D eigenvalue weighted by atomic mass is 16.2. The molecule has 0 atom stereocenters. The van der Waals surface area contributed by atoms with Crippen LogP contribution < -0.4 is 0 Å². The van der Waals surface area contributed by atoms with Gasteiger partial charge in [0.05, 0.1) is 0 Å². The first-order valence-electron chi connectivity index (χ1n) is 3.40. The molecule has 0 aromatic carbocycles. The minimum Gasteiger partial charge on any atom is -0.337 e. The van der Waals surface area contributed by atoms with Crippen LogP contribution >= 0.6 is 0 Å². The summed E-state index contributed by atoms with van der Waals surface area (Å²) in [6.07, 6.45) is 1.51. The van der Waals surface area contributed by atoms with Gasteiger partial charge in [0, 0.05) is 20.1 Å². The lowest BCUT2D eigenvalue weighted by atomic mass is 10.3. The summed E-state index contributed by atoms with van der Waals surface area (Å²) in [6, 6.07) is 0. The number of amides is 1. The molecule has 4 nitrogen and oxygen atoms in total. The SMILES string of the molecule is C=CN1CCN(C)C(=O)C1=N. The maximum Gasteiger partial charge on any atom is 0.289 e. The Labute approximate surface area is 65.6 Å². The van der Waals surface area contributed by atoms with Gasteiger partial charge in [-0.2, -0.15) is 0 Å². The number of hydrogen-bond donors (Lipinski definition) is 1. The summed E-state index contributed by atoms with van der Waals surface area (Å²) < 4.78 is 0. The van der Waals surface area contributed by atoms with Crippen LogP contribution in [0.1, 0.15) is 0 Å². The van der Waals surface area contributed by atoms with Crippen molar-refractivity contribution in [1.82, 2.24) is 9.80 Å². The number of likely N-dealkylation sites (N-methyl/N-ethyl adjacent to an activating group) is 1. The van der Waals surface area contributed by atoms with Gasteiger partial charge >= 0.3 is 0 Å². The lowest BCUT2D eigenvalue weighted by Gasteiger charge is -2.30. The van der Waals surface area contributed by atoms with Crippen molar-refractivity contribution >= 4 is 11.7 Å². The molecule has 1 aliphatic rings. The van der Waals surface area contributed by atoms with E-state index in [2.05, 4.69) is 6.58 Å². The topological polar surface area (TPSA) is 47.4 Å². The minimum atomic E-state index is -0.240. The van der Waals surface area contributed by atoms with Crippen molar-refractivity contribution in [3.8, 4) is 0 Å². The quantitative estimate of drug-likeness (QED) is 0.571. The van der Waals surface area contributed by atoms with E-state index in [1.165, 1.54) is 11.1 Å². The fraction of sp³-hybridized carbons (Fsp3) is 0.429. The second kappa shape index (κ2) is 2.74. The number of hydrogen-bond acceptors (Lipinski definition) is 2. The molecule has 0 unspecified atom stereocenters. The molecule has 1 amide bonds. The molecule has 1 heterocycles. The lowest BCUT2D eigenvalue weighted by molar-refractivity contribution is -0.124. The fourth-order valence-electron chi connectivity index (χ4n) is 0.957. The van der Waals surface area contributed by atoms with Gasteiger partial charge in [0.1, 0.15) is 0 Å². The van der Waals surface area contributed by atoms with Crippen LogP contribution in [-0.4, -0.2) is 41.7 Å². The molecule has 1 aliphatic heterocycles. The molecule has 1 saturated heterocycles. The van der Waals surface area contributed by atoms with Crippen LogP contribution in [0.2, 0.25) is 0 Å². The predicted molar refractivity (Wildman–Crippen MR) is 42.3 cm³/mol. The molecule has 0 radical (unpaired) electrons. The number of nitrogens with zero attached hydrogens (tertiary/aromatic N) is 2. The van der Waals surface area contributed by atoms with Crippen LogP contribution in [0.5, 0.6) is 0 Å². The molecular formula is C7H11N3O. The molecule has 4 heteroatoms. The molecule has 0 bridgehead atoms. The van der Waals surface area contributed by atoms with Crippen molar-refractivity contribution < 1.29 is 4.79 Å². The van der Waals surface area contributed by atoms with Crippen LogP contribution in [0.25, 0.3) is 0 Å². The molecule has 0 aromatic rings. The maximum atomic E-state index is 11.1. The molecule has 0 spiro atoms. The van der Waals surface area contributed by atoms with E-state index in [-0.39, 0.29) is 11.7 Å². The summed E-state index contributed by atoms with van der Waals surface area (Å²) in [4.78, 5) is 14.2. The van der Waals surface area contributed by atoms with Gasteiger partial charge in [-0.1, -0.05) is 6.58 Å². The summed E-state index contributed by atoms with van der Waals surface area (Å²) >= 11 is 0. The zero-order valence-electron chi connectivity index (χ0n) is 6.50. The Kier molecular flexibility index (Phi) is 1.94. The zero-order valence-corrected chi connectivity index (χ0v) is 6.50. The second-order valence-electron chi connectivity index (χ2n) is 2.45. The first-order valence-corrected chi connectivity index (χ1v) is 3.40. The van der Waals surface area contributed by atoms with E-state index in [1.807, 2.05) is 0 Å². The van der Waals surface area contributed by atoms with Gasteiger partial charge in [-0.05, 0) is 6.20 Å². The third kappa shape index (κ3) is 1.24. The van der Waals surface area contributed by atoms with Gasteiger partial charge in [0.25, 0.3) is 5.91 Å². The number of rotatable bonds is 1. The highest BCUT2D eigenvalue weighted by Crippen LogP contribution is 2.02. The molecule has 1 N–H and O–H groups in total. The average molecular weight is 153 g/mol. The zero-order chi connectivity index (χ0) is 8.43. The standard InChI is InChI=1S/C7H11N3O/c1-3-10-5-4-9(2)7(11)6(10)8/h3,8H,1,4-5H2,2H3. The number of nitrogens with one attached hydrogen (secondary N) is 1. The molecule has 60 valence electrons. The molecule has 1 rings (SSSR count). The van der Waals surface area contributed by atoms with Crippen molar-refractivity contribution in [2.75, 3.05) is 20.1 Å². The molecule has 11 heavy (non-hydrogen) atoms. The summed E-state index contributed by atoms with van der Waals surface area (Å²) in [5.74, 6) is -0.232. The van der Waals surface area contributed by atoms with Crippen molar-refractivity contribution in [1.29, 1.82) is 5.41 Å². The Morgan fingerprint density at radius 1 is 1.64 bits per heavy atom. The predicted octanol–water partition coefficient (Wildman–Crippen LogP) is -0.119. The molecule has 0 aliphatic carbocycles. The molecule has 1 fully saturated rings. The molecule has 0 aromatic heterocycles. The Morgan fingerprint density at radius 2 is 2.27 bits per heavy atom. The molecule has 0 saturated carbocycles. The smallest absolute Gasteiger partial charge is 0.289 e. The molecular weight excluding hydrogens is 142 g/mol. The van der Waals surface area contributed by atoms with Gasteiger partial charge in [-0.3, -0.25) is 10.2 Å². The number of amidine groups is 1. The minimum absolute atomic E-state index is 0.00810. The third-order valence-corrected chi connectivity index (χ3v) is 1.73. The first-order chi connectivity index (χ1) is 5.16. The van der Waals surface area contributed by atoms with Crippen LogP contribution in [-0.2, 0) is 4.79 Å². The number of carbonyl (C=O) groups is 1. The number of piperazine rings is 1. The summed E-state index contributed by atoms with van der Waals surface area (Å²) in [6.45, 7) is 4.84. The lowest BCUT2D eigenvalue weighted by Crippen LogP contribution is -2.50. The Morgan fingerprint density at radius 3 is 2.82 bits per heavy atom. The van der Waals surface area contributed by atoms with E-state index in [0.717, 1.165) is 0 Å². The van der Waals surface area contributed by atoms with Gasteiger partial charge < -0.3 is 9.80 Å². The van der Waals surface area contributed by atoms with E-state index in [0.29, 0.717) is 13.1 Å². The first kappa shape index (κ1) is 7.78. The van der Waals surface area contributed by atoms with Crippen LogP contribution in [0.3, 0.4) is 0 Å². The van der Waals surface area contributed by atoms with E-state index >= 15 is 0 Å². The van der Waals surface area contributed by atoms with Crippen molar-refractivity contribution in [2.24, 2.45) is 0 Å². The summed E-state index contributed by atoms with van der Waals surface area (Å²) in [5, 5.41) is 7.35. The fourth-order valence-corrected chi connectivity index (χ4v) is 0.957. The normalized spacial score (nSPS) is 19.0. The van der Waals surface area contributed by atoms with E-state index < -0.39 is 0 Å². The Hall–Kier alpha value is -1.32. The Balaban J connectivity index is 2.74. The monoisotopic (exact) mass is 153 g/mol. The van der Waals surface area contributed by atoms with Crippen LogP contribution in [0.4, 0.5) is 0 Å². The summed E-state index contributed by atoms with van der Waals surface area (Å²) in [5.41, 5.74) is 0. The highest BCUT2D eigenvalue weighted by Gasteiger charge is 2.24. The van der Waals surface area contributed by atoms with Gasteiger partial charge in [0.2, 0.25) is 0 Å². The van der Waals surface area contributed by atoms with Crippen LogP contribution in [0, 0.1) is 5.41 Å². The van der Waals surface area contributed by atoms with Crippen molar-refractivity contribution in [3.63, 3.8) is 0 Å². The third-order valence-electron chi connectivity index (χ3n) is 1.73. The van der Waals surface area contributed by atoms with E-state index in [1.54, 1.807) is 11.9 Å². The van der Waals surface area contributed by atoms with Gasteiger partial charge in [-0.25, -0.2) is 0 Å². The van der Waals surface area contributed by atoms with Crippen LogP contribution in [0.15, 0.2) is 12.8 Å². The average Bonchev–Trinajstić information content (AvgIpc) is 2.01. The van der Waals surface area contributed by atoms with Crippen molar-refractivity contribution in [2.45, 2.75) is 0 Å². The summed E-state index contributed by atoms with van der Waals surface area (Å²) in [7, 11) is 1.69. The van der Waals surface area contributed by atoms with E-state index in [9.17, 15) is 4.79 Å². The largest absolute Gasteiger partial charge is 0.337 e.